The molecule has 1 fully saturated rings. The fourth-order valence-electron chi connectivity index (χ4n) is 3.21. The number of amides is 1. The first-order valence-electron chi connectivity index (χ1n) is 9.90. The van der Waals surface area contributed by atoms with Gasteiger partial charge in [0.05, 0.1) is 29.7 Å². The van der Waals surface area contributed by atoms with E-state index in [0.29, 0.717) is 37.4 Å². The lowest BCUT2D eigenvalue weighted by atomic mass is 10.1. The third-order valence-corrected chi connectivity index (χ3v) is 6.46. The van der Waals surface area contributed by atoms with E-state index >= 15 is 0 Å². The molecule has 1 atom stereocenters. The van der Waals surface area contributed by atoms with Gasteiger partial charge in [-0.25, -0.2) is 4.79 Å². The van der Waals surface area contributed by atoms with Crippen molar-refractivity contribution in [1.29, 1.82) is 0 Å². The van der Waals surface area contributed by atoms with Crippen LogP contribution in [0.1, 0.15) is 31.0 Å². The van der Waals surface area contributed by atoms with E-state index < -0.39 is 12.0 Å². The number of nitrogens with zero attached hydrogens (tertiary/aromatic N) is 1. The van der Waals surface area contributed by atoms with E-state index in [1.165, 1.54) is 4.90 Å². The largest absolute Gasteiger partial charge is 0.493 e. The van der Waals surface area contributed by atoms with Crippen LogP contribution in [0.15, 0.2) is 51.8 Å². The topological polar surface area (TPSA) is 65.1 Å². The number of thiocarbonyl (C=S) groups is 1. The Labute approximate surface area is 205 Å². The van der Waals surface area contributed by atoms with Crippen molar-refractivity contribution in [2.75, 3.05) is 20.3 Å². The Morgan fingerprint density at radius 3 is 2.56 bits per heavy atom. The molecule has 0 saturated carbocycles. The fraction of sp³-hybridized carbons (Fsp3) is 0.261. The molecule has 6 nitrogen and oxygen atoms in total. The summed E-state index contributed by atoms with van der Waals surface area (Å²) in [6.07, 6.45) is 1.72. The van der Waals surface area contributed by atoms with Crippen molar-refractivity contribution in [3.63, 3.8) is 0 Å². The van der Waals surface area contributed by atoms with Gasteiger partial charge in [-0.1, -0.05) is 54.3 Å². The number of halogens is 1. The third-order valence-electron chi connectivity index (χ3n) is 4.55. The van der Waals surface area contributed by atoms with Crippen molar-refractivity contribution in [3.05, 3.63) is 63.0 Å². The maximum Gasteiger partial charge on any atom is 0.333 e. The lowest BCUT2D eigenvalue weighted by Crippen LogP contribution is -2.38. The zero-order valence-corrected chi connectivity index (χ0v) is 21.0. The van der Waals surface area contributed by atoms with Crippen molar-refractivity contribution in [1.82, 2.24) is 4.90 Å². The van der Waals surface area contributed by atoms with E-state index in [1.54, 1.807) is 50.4 Å². The van der Waals surface area contributed by atoms with Crippen molar-refractivity contribution in [3.8, 4) is 11.5 Å². The predicted molar refractivity (Wildman–Crippen MR) is 133 cm³/mol. The second kappa shape index (κ2) is 11.0. The highest BCUT2D eigenvalue weighted by Crippen LogP contribution is 2.41. The van der Waals surface area contributed by atoms with Crippen LogP contribution in [-0.2, 0) is 14.3 Å². The van der Waals surface area contributed by atoms with Crippen molar-refractivity contribution < 1.29 is 23.8 Å². The van der Waals surface area contributed by atoms with E-state index in [4.69, 9.17) is 26.4 Å². The second-order valence-corrected chi connectivity index (χ2v) is 9.11. The summed E-state index contributed by atoms with van der Waals surface area (Å²) in [6, 6.07) is 11.7. The number of rotatable bonds is 8. The molecule has 0 spiro atoms. The molecule has 1 saturated heterocycles. The summed E-state index contributed by atoms with van der Waals surface area (Å²) in [5.74, 6) is 0.246. The van der Waals surface area contributed by atoms with Crippen molar-refractivity contribution >= 4 is 62.2 Å². The number of hydrogen-bond donors (Lipinski definition) is 0. The molecule has 1 aliphatic rings. The molecule has 32 heavy (non-hydrogen) atoms. The van der Waals surface area contributed by atoms with Gasteiger partial charge in [0.1, 0.15) is 4.32 Å². The Balaban J connectivity index is 1.98. The highest BCUT2D eigenvalue weighted by Gasteiger charge is 2.42. The number of ether oxygens (including phenoxy) is 3. The van der Waals surface area contributed by atoms with Crippen LogP contribution in [0.2, 0.25) is 0 Å². The Bertz CT molecular complexity index is 1060. The molecule has 0 aromatic heterocycles. The first-order chi connectivity index (χ1) is 15.4. The number of hydrogen-bond acceptors (Lipinski definition) is 7. The lowest BCUT2D eigenvalue weighted by Gasteiger charge is -2.25. The molecule has 9 heteroatoms. The average Bonchev–Trinajstić information content (AvgIpc) is 3.04. The molecular weight excluding hydrogens is 514 g/mol. The van der Waals surface area contributed by atoms with E-state index in [2.05, 4.69) is 15.9 Å². The first-order valence-corrected chi connectivity index (χ1v) is 11.9. The van der Waals surface area contributed by atoms with Gasteiger partial charge in [-0.15, -0.1) is 0 Å². The Hall–Kier alpha value is -2.36. The molecule has 0 bridgehead atoms. The van der Waals surface area contributed by atoms with Gasteiger partial charge >= 0.3 is 5.97 Å². The normalized spacial score (nSPS) is 15.8. The highest BCUT2D eigenvalue weighted by atomic mass is 79.9. The molecule has 0 aliphatic carbocycles. The highest BCUT2D eigenvalue weighted by molar-refractivity contribution is 9.10. The van der Waals surface area contributed by atoms with Gasteiger partial charge in [0.25, 0.3) is 5.91 Å². The van der Waals surface area contributed by atoms with Gasteiger partial charge in [-0.05, 0) is 59.1 Å². The van der Waals surface area contributed by atoms with Crippen LogP contribution >= 0.6 is 39.9 Å². The minimum absolute atomic E-state index is 0.201. The molecule has 0 N–H and O–H groups in total. The van der Waals surface area contributed by atoms with Gasteiger partial charge < -0.3 is 14.2 Å². The maximum atomic E-state index is 13.3. The van der Waals surface area contributed by atoms with Crippen LogP contribution in [-0.4, -0.2) is 41.4 Å². The van der Waals surface area contributed by atoms with Gasteiger partial charge in [0.2, 0.25) is 0 Å². The van der Waals surface area contributed by atoms with Crippen LogP contribution in [0, 0.1) is 0 Å². The van der Waals surface area contributed by atoms with E-state index in [0.717, 1.165) is 17.3 Å². The molecule has 0 radical (unpaired) electrons. The molecule has 168 valence electrons. The zero-order chi connectivity index (χ0) is 23.3. The van der Waals surface area contributed by atoms with Crippen molar-refractivity contribution in [2.45, 2.75) is 19.9 Å². The minimum atomic E-state index is -0.948. The molecule has 1 amide bonds. The molecule has 2 aromatic rings. The minimum Gasteiger partial charge on any atom is -0.493 e. The molecule has 1 heterocycles. The average molecular weight is 536 g/mol. The Kier molecular flexibility index (Phi) is 8.33. The summed E-state index contributed by atoms with van der Waals surface area (Å²) in [5.41, 5.74) is 1.36. The first kappa shape index (κ1) is 24.3. The number of carbonyl (C=O) groups excluding carboxylic acids is 2. The summed E-state index contributed by atoms with van der Waals surface area (Å²) in [5, 5.41) is 0. The van der Waals surface area contributed by atoms with Crippen LogP contribution in [0.5, 0.6) is 11.5 Å². The SMILES string of the molecule is CCOC(=O)C(c1ccccc1)N1C(=O)/C(=C/c2cc(Br)c(OCC)c(OC)c2)SC1=S. The van der Waals surface area contributed by atoms with Crippen LogP contribution in [0.25, 0.3) is 6.08 Å². The molecule has 1 aliphatic heterocycles. The Morgan fingerprint density at radius 2 is 1.94 bits per heavy atom. The summed E-state index contributed by atoms with van der Waals surface area (Å²) >= 11 is 10.1. The number of esters is 1. The summed E-state index contributed by atoms with van der Waals surface area (Å²) in [4.78, 5) is 27.8. The summed E-state index contributed by atoms with van der Waals surface area (Å²) in [7, 11) is 1.55. The number of thioether (sulfide) groups is 1. The summed E-state index contributed by atoms with van der Waals surface area (Å²) < 4.78 is 17.3. The number of methoxy groups -OCH3 is 1. The number of benzene rings is 2. The smallest absolute Gasteiger partial charge is 0.333 e. The molecule has 3 rings (SSSR count). The second-order valence-electron chi connectivity index (χ2n) is 6.58. The van der Waals surface area contributed by atoms with Gasteiger partial charge in [-0.3, -0.25) is 9.69 Å². The third kappa shape index (κ3) is 5.16. The van der Waals surface area contributed by atoms with Crippen molar-refractivity contribution in [2.24, 2.45) is 0 Å². The van der Waals surface area contributed by atoms with E-state index in [1.807, 2.05) is 19.1 Å². The fourth-order valence-corrected chi connectivity index (χ4v) is 5.10. The van der Waals surface area contributed by atoms with Gasteiger partial charge in [0, 0.05) is 0 Å². The monoisotopic (exact) mass is 535 g/mol. The van der Waals surface area contributed by atoms with Gasteiger partial charge in [-0.2, -0.15) is 0 Å². The zero-order valence-electron chi connectivity index (χ0n) is 17.8. The Morgan fingerprint density at radius 1 is 1.22 bits per heavy atom. The molecule has 2 aromatic carbocycles. The summed E-state index contributed by atoms with van der Waals surface area (Å²) in [6.45, 7) is 4.30. The maximum absolute atomic E-state index is 13.3. The standard InChI is InChI=1S/C23H22BrNO5S2/c1-4-29-20-16(24)11-14(12-17(20)28-3)13-18-21(26)25(23(31)32-18)19(22(27)30-5-2)15-9-7-6-8-10-15/h6-13,19H,4-5H2,1-3H3/b18-13-. The van der Waals surface area contributed by atoms with E-state index in [9.17, 15) is 9.59 Å². The van der Waals surface area contributed by atoms with Crippen LogP contribution in [0.4, 0.5) is 0 Å². The molecular formula is C23H22BrNO5S2. The van der Waals surface area contributed by atoms with Crippen LogP contribution in [0.3, 0.4) is 0 Å². The van der Waals surface area contributed by atoms with Crippen LogP contribution < -0.4 is 9.47 Å². The van der Waals surface area contributed by atoms with E-state index in [-0.39, 0.29) is 12.5 Å². The lowest BCUT2D eigenvalue weighted by molar-refractivity contribution is -0.151. The van der Waals surface area contributed by atoms with Gasteiger partial charge in [0.15, 0.2) is 17.5 Å². The predicted octanol–water partition coefficient (Wildman–Crippen LogP) is 5.36. The molecule has 1 unspecified atom stereocenters. The number of carbonyl (C=O) groups is 2. The quantitative estimate of drug-likeness (QED) is 0.256.